The van der Waals surface area contributed by atoms with E-state index in [0.29, 0.717) is 17.5 Å². The van der Waals surface area contributed by atoms with Crippen LogP contribution in [0.3, 0.4) is 0 Å². The van der Waals surface area contributed by atoms with Crippen molar-refractivity contribution in [1.82, 2.24) is 5.43 Å². The van der Waals surface area contributed by atoms with Crippen LogP contribution < -0.4 is 5.43 Å². The van der Waals surface area contributed by atoms with Gasteiger partial charge in [0, 0.05) is 17.2 Å². The number of carbonyl (C=O) groups is 1. The van der Waals surface area contributed by atoms with E-state index < -0.39 is 10.8 Å². The number of nitrogens with zero attached hydrogens (tertiary/aromatic N) is 2. The predicted molar refractivity (Wildman–Crippen MR) is 88.6 cm³/mol. The van der Waals surface area contributed by atoms with Crippen molar-refractivity contribution >= 4 is 17.3 Å². The lowest BCUT2D eigenvalue weighted by atomic mass is 10.1. The summed E-state index contributed by atoms with van der Waals surface area (Å²) in [6.45, 7) is 3.55. The Balaban J connectivity index is 2.17. The maximum atomic E-state index is 12.1. The second-order valence-electron chi connectivity index (χ2n) is 4.98. The number of amides is 1. The van der Waals surface area contributed by atoms with Crippen molar-refractivity contribution in [3.05, 3.63) is 75.3 Å². The summed E-state index contributed by atoms with van der Waals surface area (Å²) in [5.74, 6) is -0.398. The van der Waals surface area contributed by atoms with Crippen LogP contribution in [0.1, 0.15) is 34.8 Å². The number of hydrazone groups is 1. The fourth-order valence-corrected chi connectivity index (χ4v) is 2.16. The first kappa shape index (κ1) is 16.4. The van der Waals surface area contributed by atoms with E-state index in [9.17, 15) is 14.9 Å². The van der Waals surface area contributed by atoms with Crippen LogP contribution >= 0.6 is 0 Å². The molecule has 6 heteroatoms. The third-order valence-electron chi connectivity index (χ3n) is 3.39. The van der Waals surface area contributed by atoms with E-state index in [1.807, 2.05) is 37.3 Å². The van der Waals surface area contributed by atoms with Crippen molar-refractivity contribution in [2.75, 3.05) is 0 Å². The maximum absolute atomic E-state index is 12.1. The smallest absolute Gasteiger partial charge is 0.267 e. The van der Waals surface area contributed by atoms with Crippen molar-refractivity contribution in [3.63, 3.8) is 0 Å². The van der Waals surface area contributed by atoms with Crippen LogP contribution in [0.2, 0.25) is 0 Å². The number of nitro benzene ring substituents is 1. The lowest BCUT2D eigenvalue weighted by Crippen LogP contribution is -2.20. The standard InChI is InChI=1S/C17H17N3O3/c1-3-15(13-7-5-4-6-8-13)18-19-17(21)14-9-10-16(20(22)23)12(2)11-14/h4-11H,3H2,1-2H3,(H,19,21). The Bertz CT molecular complexity index is 755. The number of nitrogens with one attached hydrogen (secondary N) is 1. The third-order valence-corrected chi connectivity index (χ3v) is 3.39. The molecule has 0 saturated heterocycles. The number of hydrogen-bond acceptors (Lipinski definition) is 4. The summed E-state index contributed by atoms with van der Waals surface area (Å²) in [4.78, 5) is 22.5. The quantitative estimate of drug-likeness (QED) is 0.521. The average molecular weight is 311 g/mol. The van der Waals surface area contributed by atoms with E-state index in [-0.39, 0.29) is 5.69 Å². The van der Waals surface area contributed by atoms with Gasteiger partial charge in [-0.1, -0.05) is 37.3 Å². The molecule has 1 amide bonds. The molecule has 2 aromatic carbocycles. The van der Waals surface area contributed by atoms with Gasteiger partial charge in [0.15, 0.2) is 0 Å². The summed E-state index contributed by atoms with van der Waals surface area (Å²) in [6, 6.07) is 13.8. The molecule has 0 atom stereocenters. The molecule has 0 radical (unpaired) electrons. The highest BCUT2D eigenvalue weighted by Gasteiger charge is 2.13. The Morgan fingerprint density at radius 2 is 1.87 bits per heavy atom. The van der Waals surface area contributed by atoms with Gasteiger partial charge in [0.1, 0.15) is 0 Å². The SMILES string of the molecule is CCC(=NNC(=O)c1ccc([N+](=O)[O-])c(C)c1)c1ccccc1. The van der Waals surface area contributed by atoms with Crippen LogP contribution in [0, 0.1) is 17.0 Å². The van der Waals surface area contributed by atoms with E-state index >= 15 is 0 Å². The fourth-order valence-electron chi connectivity index (χ4n) is 2.16. The van der Waals surface area contributed by atoms with Gasteiger partial charge in [-0.15, -0.1) is 0 Å². The number of benzene rings is 2. The maximum Gasteiger partial charge on any atom is 0.272 e. The Kier molecular flexibility index (Phi) is 5.19. The molecule has 0 spiro atoms. The van der Waals surface area contributed by atoms with Crippen LogP contribution in [0.25, 0.3) is 0 Å². The van der Waals surface area contributed by atoms with Gasteiger partial charge >= 0.3 is 0 Å². The van der Waals surface area contributed by atoms with Crippen LogP contribution in [-0.2, 0) is 0 Å². The Morgan fingerprint density at radius 1 is 1.17 bits per heavy atom. The lowest BCUT2D eigenvalue weighted by Gasteiger charge is -2.06. The van der Waals surface area contributed by atoms with E-state index in [4.69, 9.17) is 0 Å². The molecule has 0 bridgehead atoms. The summed E-state index contributed by atoms with van der Waals surface area (Å²) in [5.41, 5.74) is 4.96. The molecule has 2 aromatic rings. The molecule has 0 aromatic heterocycles. The van der Waals surface area contributed by atoms with Crippen molar-refractivity contribution in [2.24, 2.45) is 5.10 Å². The molecular formula is C17H17N3O3. The van der Waals surface area contributed by atoms with Gasteiger partial charge in [0.2, 0.25) is 0 Å². The van der Waals surface area contributed by atoms with Gasteiger partial charge in [-0.3, -0.25) is 14.9 Å². The van der Waals surface area contributed by atoms with Crippen LogP contribution in [0.4, 0.5) is 5.69 Å². The Morgan fingerprint density at radius 3 is 2.43 bits per heavy atom. The van der Waals surface area contributed by atoms with Crippen LogP contribution in [-0.4, -0.2) is 16.5 Å². The monoisotopic (exact) mass is 311 g/mol. The highest BCUT2D eigenvalue weighted by atomic mass is 16.6. The summed E-state index contributed by atoms with van der Waals surface area (Å²) < 4.78 is 0. The summed E-state index contributed by atoms with van der Waals surface area (Å²) in [5, 5.41) is 15.0. The molecule has 0 heterocycles. The van der Waals surface area contributed by atoms with Crippen molar-refractivity contribution in [2.45, 2.75) is 20.3 Å². The highest BCUT2D eigenvalue weighted by Crippen LogP contribution is 2.18. The van der Waals surface area contributed by atoms with Crippen molar-refractivity contribution in [1.29, 1.82) is 0 Å². The Labute approximate surface area is 134 Å². The number of carbonyl (C=O) groups excluding carboxylic acids is 1. The molecule has 0 aliphatic carbocycles. The van der Waals surface area contributed by atoms with Gasteiger partial charge in [-0.25, -0.2) is 5.43 Å². The minimum Gasteiger partial charge on any atom is -0.267 e. The molecule has 0 unspecified atom stereocenters. The summed E-state index contributed by atoms with van der Waals surface area (Å²) >= 11 is 0. The molecule has 0 aliphatic rings. The minimum absolute atomic E-state index is 0.0106. The zero-order valence-corrected chi connectivity index (χ0v) is 12.9. The fraction of sp³-hybridized carbons (Fsp3) is 0.176. The van der Waals surface area contributed by atoms with E-state index in [1.54, 1.807) is 6.92 Å². The van der Waals surface area contributed by atoms with Gasteiger partial charge in [0.25, 0.3) is 11.6 Å². The predicted octanol–water partition coefficient (Wildman–Crippen LogP) is 3.45. The number of rotatable bonds is 5. The molecule has 0 saturated carbocycles. The second kappa shape index (κ2) is 7.31. The van der Waals surface area contributed by atoms with E-state index in [0.717, 1.165) is 11.3 Å². The Hall–Kier alpha value is -3.02. The molecular weight excluding hydrogens is 294 g/mol. The lowest BCUT2D eigenvalue weighted by molar-refractivity contribution is -0.385. The van der Waals surface area contributed by atoms with Crippen LogP contribution in [0.5, 0.6) is 0 Å². The zero-order chi connectivity index (χ0) is 16.8. The molecule has 0 fully saturated rings. The molecule has 2 rings (SSSR count). The van der Waals surface area contributed by atoms with Crippen LogP contribution in [0.15, 0.2) is 53.6 Å². The van der Waals surface area contributed by atoms with Gasteiger partial charge in [0.05, 0.1) is 10.6 Å². The topological polar surface area (TPSA) is 84.6 Å². The number of aryl methyl sites for hydroxylation is 1. The van der Waals surface area contributed by atoms with Gasteiger partial charge < -0.3 is 0 Å². The first-order chi connectivity index (χ1) is 11.0. The van der Waals surface area contributed by atoms with E-state index in [1.165, 1.54) is 18.2 Å². The van der Waals surface area contributed by atoms with Crippen molar-refractivity contribution in [3.8, 4) is 0 Å². The first-order valence-corrected chi connectivity index (χ1v) is 7.20. The molecule has 118 valence electrons. The zero-order valence-electron chi connectivity index (χ0n) is 12.9. The molecule has 0 aliphatic heterocycles. The normalized spacial score (nSPS) is 11.1. The molecule has 23 heavy (non-hydrogen) atoms. The number of hydrogen-bond donors (Lipinski definition) is 1. The summed E-state index contributed by atoms with van der Waals surface area (Å²) in [6.07, 6.45) is 0.670. The minimum atomic E-state index is -0.472. The third kappa shape index (κ3) is 4.00. The molecule has 6 nitrogen and oxygen atoms in total. The van der Waals surface area contributed by atoms with E-state index in [2.05, 4.69) is 10.5 Å². The number of nitro groups is 1. The highest BCUT2D eigenvalue weighted by molar-refractivity contribution is 6.02. The first-order valence-electron chi connectivity index (χ1n) is 7.20. The second-order valence-corrected chi connectivity index (χ2v) is 4.98. The molecule has 1 N–H and O–H groups in total. The van der Waals surface area contributed by atoms with Crippen molar-refractivity contribution < 1.29 is 9.72 Å². The average Bonchev–Trinajstić information content (AvgIpc) is 2.55. The van der Waals surface area contributed by atoms with Gasteiger partial charge in [-0.05, 0) is 31.0 Å². The van der Waals surface area contributed by atoms with Gasteiger partial charge in [-0.2, -0.15) is 5.10 Å². The largest absolute Gasteiger partial charge is 0.272 e. The summed E-state index contributed by atoms with van der Waals surface area (Å²) in [7, 11) is 0.